The molecule has 5 heteroatoms. The summed E-state index contributed by atoms with van der Waals surface area (Å²) < 4.78 is 0. The van der Waals surface area contributed by atoms with Gasteiger partial charge in [-0.2, -0.15) is 0 Å². The number of nitrogens with one attached hydrogen (secondary N) is 2. The number of hydrogen-bond donors (Lipinski definition) is 3. The van der Waals surface area contributed by atoms with Crippen LogP contribution in [0.4, 0.5) is 0 Å². The quantitative estimate of drug-likeness (QED) is 0.530. The highest BCUT2D eigenvalue weighted by atomic mass is 32.2. The molecule has 0 aromatic carbocycles. The minimum Gasteiger partial charge on any atom is -0.480 e. The molecule has 1 saturated heterocycles. The maximum absolute atomic E-state index is 10.1. The van der Waals surface area contributed by atoms with Gasteiger partial charge in [0.25, 0.3) is 0 Å². The fraction of sp³-hybridized carbons (Fsp3) is 0.833. The van der Waals surface area contributed by atoms with E-state index in [4.69, 9.17) is 5.11 Å². The van der Waals surface area contributed by atoms with Crippen molar-refractivity contribution in [3.63, 3.8) is 0 Å². The van der Waals surface area contributed by atoms with Crippen LogP contribution >= 0.6 is 11.8 Å². The highest BCUT2D eigenvalue weighted by Crippen LogP contribution is 2.11. The van der Waals surface area contributed by atoms with E-state index in [9.17, 15) is 4.79 Å². The summed E-state index contributed by atoms with van der Waals surface area (Å²) in [5.74, 6) is 0.326. The van der Waals surface area contributed by atoms with Crippen LogP contribution in [0, 0.1) is 0 Å². The monoisotopic (exact) mass is 176 g/mol. The Hall–Kier alpha value is -0.260. The third-order valence-corrected chi connectivity index (χ3v) is 2.57. The molecule has 1 aliphatic rings. The van der Waals surface area contributed by atoms with Crippen molar-refractivity contribution in [3.05, 3.63) is 0 Å². The molecule has 0 amide bonds. The molecule has 0 aromatic rings. The van der Waals surface area contributed by atoms with Crippen LogP contribution in [0.3, 0.4) is 0 Å². The van der Waals surface area contributed by atoms with E-state index in [0.29, 0.717) is 5.37 Å². The van der Waals surface area contributed by atoms with Crippen molar-refractivity contribution < 1.29 is 9.90 Å². The molecule has 11 heavy (non-hydrogen) atoms. The summed E-state index contributed by atoms with van der Waals surface area (Å²) in [6, 6.07) is 0. The molecule has 1 atom stereocenters. The van der Waals surface area contributed by atoms with Crippen molar-refractivity contribution in [1.29, 1.82) is 0 Å². The molecule has 0 aromatic heterocycles. The first-order valence-electron chi connectivity index (χ1n) is 3.56. The minimum atomic E-state index is -0.798. The number of hydrogen-bond acceptors (Lipinski definition) is 4. The van der Waals surface area contributed by atoms with E-state index in [1.54, 1.807) is 0 Å². The molecule has 1 unspecified atom stereocenters. The van der Waals surface area contributed by atoms with Crippen molar-refractivity contribution in [2.45, 2.75) is 5.37 Å². The lowest BCUT2D eigenvalue weighted by atomic mass is 10.5. The van der Waals surface area contributed by atoms with Crippen LogP contribution < -0.4 is 10.6 Å². The Kier molecular flexibility index (Phi) is 3.68. The first-order chi connectivity index (χ1) is 5.29. The van der Waals surface area contributed by atoms with Crippen LogP contribution in [0.15, 0.2) is 0 Å². The highest BCUT2D eigenvalue weighted by molar-refractivity contribution is 8.00. The van der Waals surface area contributed by atoms with Gasteiger partial charge in [0.1, 0.15) is 0 Å². The SMILES string of the molecule is O=C(O)CNCC1NCCS1. The van der Waals surface area contributed by atoms with Gasteiger partial charge in [0.15, 0.2) is 0 Å². The molecule has 0 saturated carbocycles. The van der Waals surface area contributed by atoms with Crippen molar-refractivity contribution in [3.8, 4) is 0 Å². The number of thioether (sulfide) groups is 1. The van der Waals surface area contributed by atoms with E-state index < -0.39 is 5.97 Å². The lowest BCUT2D eigenvalue weighted by Gasteiger charge is -2.08. The fourth-order valence-corrected chi connectivity index (χ4v) is 1.91. The summed E-state index contributed by atoms with van der Waals surface area (Å²) in [5, 5.41) is 14.8. The van der Waals surface area contributed by atoms with Gasteiger partial charge in [-0.15, -0.1) is 11.8 Å². The second-order valence-corrected chi connectivity index (χ2v) is 3.65. The van der Waals surface area contributed by atoms with Crippen LogP contribution in [0.25, 0.3) is 0 Å². The zero-order chi connectivity index (χ0) is 8.10. The molecule has 1 heterocycles. The van der Waals surface area contributed by atoms with Gasteiger partial charge in [0.05, 0.1) is 11.9 Å². The molecular weight excluding hydrogens is 164 g/mol. The Balaban J connectivity index is 1.98. The second kappa shape index (κ2) is 4.58. The van der Waals surface area contributed by atoms with Gasteiger partial charge in [-0.25, -0.2) is 0 Å². The molecule has 1 fully saturated rings. The normalized spacial score (nSPS) is 23.8. The largest absolute Gasteiger partial charge is 0.480 e. The summed E-state index contributed by atoms with van der Waals surface area (Å²) in [6.45, 7) is 1.82. The number of rotatable bonds is 4. The van der Waals surface area contributed by atoms with Gasteiger partial charge < -0.3 is 15.7 Å². The topological polar surface area (TPSA) is 61.4 Å². The Labute approximate surface area is 69.7 Å². The Morgan fingerprint density at radius 3 is 3.18 bits per heavy atom. The predicted molar refractivity (Wildman–Crippen MR) is 44.8 cm³/mol. The Bertz CT molecular complexity index is 137. The Morgan fingerprint density at radius 2 is 2.64 bits per heavy atom. The molecule has 1 aliphatic heterocycles. The predicted octanol–water partition coefficient (Wildman–Crippen LogP) is -0.677. The summed E-state index contributed by atoms with van der Waals surface area (Å²) >= 11 is 1.83. The average molecular weight is 176 g/mol. The van der Waals surface area contributed by atoms with Crippen LogP contribution in [0.1, 0.15) is 0 Å². The molecule has 0 bridgehead atoms. The van der Waals surface area contributed by atoms with Crippen molar-refractivity contribution in [2.24, 2.45) is 0 Å². The smallest absolute Gasteiger partial charge is 0.317 e. The third-order valence-electron chi connectivity index (χ3n) is 1.40. The van der Waals surface area contributed by atoms with Crippen LogP contribution in [0.5, 0.6) is 0 Å². The third kappa shape index (κ3) is 3.60. The molecule has 4 nitrogen and oxygen atoms in total. The average Bonchev–Trinajstić information content (AvgIpc) is 2.39. The lowest BCUT2D eigenvalue weighted by Crippen LogP contribution is -2.34. The van der Waals surface area contributed by atoms with E-state index >= 15 is 0 Å². The zero-order valence-electron chi connectivity index (χ0n) is 6.17. The fourth-order valence-electron chi connectivity index (χ4n) is 0.921. The summed E-state index contributed by atoms with van der Waals surface area (Å²) in [7, 11) is 0. The van der Waals surface area contributed by atoms with Crippen molar-refractivity contribution >= 4 is 17.7 Å². The number of carboxylic acid groups (broad SMARTS) is 1. The summed E-state index contributed by atoms with van der Waals surface area (Å²) in [6.07, 6.45) is 0. The maximum atomic E-state index is 10.1. The van der Waals surface area contributed by atoms with Gasteiger partial charge in [-0.05, 0) is 0 Å². The number of aliphatic carboxylic acids is 1. The molecule has 0 spiro atoms. The van der Waals surface area contributed by atoms with E-state index in [1.165, 1.54) is 0 Å². The summed E-state index contributed by atoms with van der Waals surface area (Å²) in [4.78, 5) is 10.1. The van der Waals surface area contributed by atoms with Crippen LogP contribution in [-0.4, -0.2) is 41.8 Å². The Morgan fingerprint density at radius 1 is 1.82 bits per heavy atom. The molecule has 1 rings (SSSR count). The molecule has 0 radical (unpaired) electrons. The van der Waals surface area contributed by atoms with Crippen molar-refractivity contribution in [2.75, 3.05) is 25.4 Å². The first-order valence-corrected chi connectivity index (χ1v) is 4.61. The lowest BCUT2D eigenvalue weighted by molar-refractivity contribution is -0.135. The van der Waals surface area contributed by atoms with Gasteiger partial charge >= 0.3 is 5.97 Å². The first kappa shape index (κ1) is 8.83. The standard InChI is InChI=1S/C6H12N2O2S/c9-6(10)4-7-3-5-8-1-2-11-5/h5,7-8H,1-4H2,(H,9,10). The number of carboxylic acids is 1. The van der Waals surface area contributed by atoms with E-state index in [2.05, 4.69) is 10.6 Å². The van der Waals surface area contributed by atoms with Crippen LogP contribution in [-0.2, 0) is 4.79 Å². The van der Waals surface area contributed by atoms with Crippen molar-refractivity contribution in [1.82, 2.24) is 10.6 Å². The van der Waals surface area contributed by atoms with E-state index in [0.717, 1.165) is 18.8 Å². The highest BCUT2D eigenvalue weighted by Gasteiger charge is 2.13. The van der Waals surface area contributed by atoms with Gasteiger partial charge in [0.2, 0.25) is 0 Å². The zero-order valence-corrected chi connectivity index (χ0v) is 6.99. The minimum absolute atomic E-state index is 0.0543. The second-order valence-electron chi connectivity index (χ2n) is 2.34. The maximum Gasteiger partial charge on any atom is 0.317 e. The molecule has 0 aliphatic carbocycles. The van der Waals surface area contributed by atoms with Gasteiger partial charge in [-0.1, -0.05) is 0 Å². The number of carbonyl (C=O) groups is 1. The van der Waals surface area contributed by atoms with E-state index in [1.807, 2.05) is 11.8 Å². The molecule has 64 valence electrons. The van der Waals surface area contributed by atoms with Crippen LogP contribution in [0.2, 0.25) is 0 Å². The van der Waals surface area contributed by atoms with Gasteiger partial charge in [0, 0.05) is 18.8 Å². The van der Waals surface area contributed by atoms with Gasteiger partial charge in [-0.3, -0.25) is 4.79 Å². The van der Waals surface area contributed by atoms with E-state index in [-0.39, 0.29) is 6.54 Å². The molecule has 3 N–H and O–H groups in total. The molecular formula is C6H12N2O2S. The summed E-state index contributed by atoms with van der Waals surface area (Å²) in [5.41, 5.74) is 0.